The highest BCUT2D eigenvalue weighted by Gasteiger charge is 2.23. The van der Waals surface area contributed by atoms with E-state index in [9.17, 15) is 14.4 Å². The minimum Gasteiger partial charge on any atom is -0.339 e. The van der Waals surface area contributed by atoms with Crippen molar-refractivity contribution in [1.82, 2.24) is 9.80 Å². The number of hydrogen-bond acceptors (Lipinski definition) is 3. The van der Waals surface area contributed by atoms with E-state index < -0.39 is 0 Å². The number of anilines is 1. The average Bonchev–Trinajstić information content (AvgIpc) is 2.71. The Bertz CT molecular complexity index is 921. The molecule has 7 heteroatoms. The molecule has 28 heavy (non-hydrogen) atoms. The van der Waals surface area contributed by atoms with Gasteiger partial charge in [0.15, 0.2) is 0 Å². The summed E-state index contributed by atoms with van der Waals surface area (Å²) in [5, 5.41) is 3.41. The second-order valence-electron chi connectivity index (χ2n) is 6.75. The molecule has 0 bridgehead atoms. The molecule has 1 aliphatic heterocycles. The van der Waals surface area contributed by atoms with Gasteiger partial charge in [0.1, 0.15) is 0 Å². The maximum absolute atomic E-state index is 12.8. The molecule has 0 spiro atoms. The summed E-state index contributed by atoms with van der Waals surface area (Å²) in [5.41, 5.74) is 2.27. The summed E-state index contributed by atoms with van der Waals surface area (Å²) >= 11 is 6.10. The molecule has 0 atom stereocenters. The number of benzene rings is 2. The van der Waals surface area contributed by atoms with Gasteiger partial charge in [-0.25, -0.2) is 0 Å². The number of amides is 3. The molecule has 0 aliphatic carbocycles. The smallest absolute Gasteiger partial charge is 0.255 e. The summed E-state index contributed by atoms with van der Waals surface area (Å²) in [5.74, 6) is -0.430. The van der Waals surface area contributed by atoms with E-state index in [-0.39, 0.29) is 17.7 Å². The van der Waals surface area contributed by atoms with Crippen molar-refractivity contribution in [3.05, 3.63) is 64.2 Å². The van der Waals surface area contributed by atoms with Crippen LogP contribution in [0.3, 0.4) is 0 Å². The summed E-state index contributed by atoms with van der Waals surface area (Å²) in [6.07, 6.45) is 0. The Kier molecular flexibility index (Phi) is 5.99. The third-order valence-corrected chi connectivity index (χ3v) is 5.31. The van der Waals surface area contributed by atoms with E-state index in [2.05, 4.69) is 5.32 Å². The van der Waals surface area contributed by atoms with Crippen molar-refractivity contribution in [2.24, 2.45) is 0 Å². The van der Waals surface area contributed by atoms with Gasteiger partial charge >= 0.3 is 0 Å². The van der Waals surface area contributed by atoms with Crippen molar-refractivity contribution in [3.8, 4) is 0 Å². The van der Waals surface area contributed by atoms with Gasteiger partial charge in [-0.1, -0.05) is 23.7 Å². The monoisotopic (exact) mass is 399 g/mol. The lowest BCUT2D eigenvalue weighted by atomic mass is 10.1. The van der Waals surface area contributed by atoms with Crippen molar-refractivity contribution in [3.63, 3.8) is 0 Å². The highest BCUT2D eigenvalue weighted by atomic mass is 35.5. The Labute approximate surface area is 169 Å². The number of carbonyl (C=O) groups is 3. The van der Waals surface area contributed by atoms with Gasteiger partial charge < -0.3 is 15.1 Å². The van der Waals surface area contributed by atoms with Crippen LogP contribution < -0.4 is 5.32 Å². The Hall–Kier alpha value is -2.86. The molecule has 1 N–H and O–H groups in total. The Morgan fingerprint density at radius 2 is 1.54 bits per heavy atom. The van der Waals surface area contributed by atoms with Gasteiger partial charge in [0.25, 0.3) is 11.8 Å². The number of piperazine rings is 1. The first-order valence-corrected chi connectivity index (χ1v) is 9.46. The predicted octanol–water partition coefficient (Wildman–Crippen LogP) is 3.21. The highest BCUT2D eigenvalue weighted by Crippen LogP contribution is 2.23. The molecule has 0 unspecified atom stereocenters. The highest BCUT2D eigenvalue weighted by molar-refractivity contribution is 6.31. The van der Waals surface area contributed by atoms with Crippen LogP contribution in [0.5, 0.6) is 0 Å². The molecule has 3 rings (SSSR count). The Balaban J connectivity index is 1.71. The first kappa shape index (κ1) is 19.9. The summed E-state index contributed by atoms with van der Waals surface area (Å²) in [6, 6.07) is 12.0. The summed E-state index contributed by atoms with van der Waals surface area (Å²) in [6.45, 7) is 5.37. The zero-order valence-corrected chi connectivity index (χ0v) is 16.6. The second kappa shape index (κ2) is 8.44. The minimum absolute atomic E-state index is 0.0158. The quantitative estimate of drug-likeness (QED) is 0.861. The Morgan fingerprint density at radius 1 is 0.929 bits per heavy atom. The first-order chi connectivity index (χ1) is 13.4. The van der Waals surface area contributed by atoms with Crippen molar-refractivity contribution >= 4 is 35.0 Å². The number of rotatable bonds is 3. The number of halogens is 1. The van der Waals surface area contributed by atoms with Gasteiger partial charge in [-0.3, -0.25) is 14.4 Å². The standard InChI is InChI=1S/C21H22ClN3O3/c1-14-18(22)7-4-8-19(14)23-20(27)16-5-3-6-17(13-16)21(28)25-11-9-24(10-12-25)15(2)26/h3-8,13H,9-12H2,1-2H3,(H,23,27). The van der Waals surface area contributed by atoms with Gasteiger partial charge in [-0.15, -0.1) is 0 Å². The van der Waals surface area contributed by atoms with Crippen LogP contribution in [0.25, 0.3) is 0 Å². The van der Waals surface area contributed by atoms with Crippen molar-refractivity contribution < 1.29 is 14.4 Å². The fourth-order valence-corrected chi connectivity index (χ4v) is 3.31. The molecule has 1 heterocycles. The lowest BCUT2D eigenvalue weighted by Gasteiger charge is -2.34. The van der Waals surface area contributed by atoms with Crippen LogP contribution >= 0.6 is 11.6 Å². The maximum atomic E-state index is 12.8. The van der Waals surface area contributed by atoms with Gasteiger partial charge in [-0.05, 0) is 42.8 Å². The van der Waals surface area contributed by atoms with Crippen LogP contribution in [0.4, 0.5) is 5.69 Å². The molecule has 2 aromatic carbocycles. The summed E-state index contributed by atoms with van der Waals surface area (Å²) in [7, 11) is 0. The predicted molar refractivity (Wildman–Crippen MR) is 109 cm³/mol. The normalized spacial score (nSPS) is 14.0. The molecular formula is C21H22ClN3O3. The van der Waals surface area contributed by atoms with Gasteiger partial charge in [0, 0.05) is 54.9 Å². The van der Waals surface area contributed by atoms with E-state index in [4.69, 9.17) is 11.6 Å². The molecular weight excluding hydrogens is 378 g/mol. The molecule has 1 fully saturated rings. The number of hydrogen-bond donors (Lipinski definition) is 1. The zero-order valence-electron chi connectivity index (χ0n) is 15.9. The van der Waals surface area contributed by atoms with Crippen LogP contribution in [0.2, 0.25) is 5.02 Å². The fraction of sp³-hybridized carbons (Fsp3) is 0.286. The minimum atomic E-state index is -0.304. The van der Waals surface area contributed by atoms with E-state index in [1.807, 2.05) is 6.92 Å². The van der Waals surface area contributed by atoms with Crippen LogP contribution in [-0.4, -0.2) is 53.7 Å². The van der Waals surface area contributed by atoms with E-state index >= 15 is 0 Å². The molecule has 6 nitrogen and oxygen atoms in total. The molecule has 0 radical (unpaired) electrons. The molecule has 0 aromatic heterocycles. The van der Waals surface area contributed by atoms with Gasteiger partial charge in [-0.2, -0.15) is 0 Å². The number of nitrogens with zero attached hydrogens (tertiary/aromatic N) is 2. The van der Waals surface area contributed by atoms with Gasteiger partial charge in [0.2, 0.25) is 5.91 Å². The topological polar surface area (TPSA) is 69.7 Å². The molecule has 1 aliphatic rings. The average molecular weight is 400 g/mol. The fourth-order valence-electron chi connectivity index (χ4n) is 3.14. The largest absolute Gasteiger partial charge is 0.339 e. The van der Waals surface area contributed by atoms with Crippen LogP contribution in [0.15, 0.2) is 42.5 Å². The van der Waals surface area contributed by atoms with E-state index in [1.54, 1.807) is 52.3 Å². The third kappa shape index (κ3) is 4.34. The van der Waals surface area contributed by atoms with Crippen LogP contribution in [-0.2, 0) is 4.79 Å². The Morgan fingerprint density at radius 3 is 2.21 bits per heavy atom. The van der Waals surface area contributed by atoms with Crippen LogP contribution in [0.1, 0.15) is 33.2 Å². The molecule has 1 saturated heterocycles. The van der Waals surface area contributed by atoms with Crippen molar-refractivity contribution in [2.75, 3.05) is 31.5 Å². The van der Waals surface area contributed by atoms with Crippen molar-refractivity contribution in [1.29, 1.82) is 0 Å². The van der Waals surface area contributed by atoms with E-state index in [0.717, 1.165) is 5.56 Å². The second-order valence-corrected chi connectivity index (χ2v) is 7.15. The van der Waals surface area contributed by atoms with Crippen LogP contribution in [0, 0.1) is 6.92 Å². The molecule has 0 saturated carbocycles. The SMILES string of the molecule is CC(=O)N1CCN(C(=O)c2cccc(C(=O)Nc3cccc(Cl)c3C)c2)CC1. The molecule has 2 aromatic rings. The van der Waals surface area contributed by atoms with E-state index in [1.165, 1.54) is 6.92 Å². The van der Waals surface area contributed by atoms with Gasteiger partial charge in [0.05, 0.1) is 0 Å². The first-order valence-electron chi connectivity index (χ1n) is 9.08. The lowest BCUT2D eigenvalue weighted by molar-refractivity contribution is -0.130. The molecule has 3 amide bonds. The lowest BCUT2D eigenvalue weighted by Crippen LogP contribution is -2.50. The molecule has 146 valence electrons. The number of carbonyl (C=O) groups excluding carboxylic acids is 3. The van der Waals surface area contributed by atoms with Crippen molar-refractivity contribution in [2.45, 2.75) is 13.8 Å². The van der Waals surface area contributed by atoms with E-state index in [0.29, 0.717) is 48.0 Å². The summed E-state index contributed by atoms with van der Waals surface area (Å²) < 4.78 is 0. The maximum Gasteiger partial charge on any atom is 0.255 e. The number of nitrogens with one attached hydrogen (secondary N) is 1. The zero-order chi connectivity index (χ0) is 20.3. The summed E-state index contributed by atoms with van der Waals surface area (Å²) in [4.78, 5) is 40.3. The third-order valence-electron chi connectivity index (χ3n) is 4.90.